The van der Waals surface area contributed by atoms with Gasteiger partial charge in [-0.25, -0.2) is 4.79 Å². The van der Waals surface area contributed by atoms with Crippen molar-refractivity contribution in [2.24, 2.45) is 0 Å². The molecule has 1 N–H and O–H groups in total. The van der Waals surface area contributed by atoms with Gasteiger partial charge in [-0.1, -0.05) is 23.7 Å². The van der Waals surface area contributed by atoms with Gasteiger partial charge in [-0.05, 0) is 42.0 Å². The highest BCUT2D eigenvalue weighted by atomic mass is 35.5. The van der Waals surface area contributed by atoms with Gasteiger partial charge < -0.3 is 4.74 Å². The average Bonchev–Trinajstić information content (AvgIpc) is 2.48. The molecule has 0 heterocycles. The SMILES string of the molecule is COC(=O)Nc1ccc(CSc2ccc(Cl)cc2)cc1. The molecule has 104 valence electrons. The lowest BCUT2D eigenvalue weighted by Gasteiger charge is -2.05. The standard InChI is InChI=1S/C15H14ClNO2S/c1-19-15(18)17-13-6-2-11(3-7-13)10-20-14-8-4-12(16)5-9-14/h2-9H,10H2,1H3,(H,17,18). The van der Waals surface area contributed by atoms with E-state index in [0.29, 0.717) is 0 Å². The number of rotatable bonds is 4. The number of hydrogen-bond donors (Lipinski definition) is 1. The van der Waals surface area contributed by atoms with Crippen molar-refractivity contribution in [3.8, 4) is 0 Å². The van der Waals surface area contributed by atoms with Gasteiger partial charge in [0.05, 0.1) is 7.11 Å². The molecule has 2 aromatic carbocycles. The molecule has 0 aliphatic carbocycles. The van der Waals surface area contributed by atoms with Gasteiger partial charge in [-0.3, -0.25) is 5.32 Å². The second kappa shape index (κ2) is 7.22. The third kappa shape index (κ3) is 4.47. The molecule has 5 heteroatoms. The summed E-state index contributed by atoms with van der Waals surface area (Å²) < 4.78 is 4.53. The van der Waals surface area contributed by atoms with Gasteiger partial charge in [-0.15, -0.1) is 11.8 Å². The minimum atomic E-state index is -0.465. The molecule has 0 radical (unpaired) electrons. The number of thioether (sulfide) groups is 1. The first-order chi connectivity index (χ1) is 9.67. The summed E-state index contributed by atoms with van der Waals surface area (Å²) in [4.78, 5) is 12.2. The lowest BCUT2D eigenvalue weighted by Crippen LogP contribution is -2.10. The zero-order valence-corrected chi connectivity index (χ0v) is 12.5. The molecule has 0 bridgehead atoms. The quantitative estimate of drug-likeness (QED) is 0.824. The zero-order chi connectivity index (χ0) is 14.4. The van der Waals surface area contributed by atoms with Crippen LogP contribution in [0.2, 0.25) is 5.02 Å². The Bertz CT molecular complexity index is 569. The Hall–Kier alpha value is -1.65. The number of carbonyl (C=O) groups is 1. The molecule has 2 rings (SSSR count). The summed E-state index contributed by atoms with van der Waals surface area (Å²) in [5.74, 6) is 0.861. The first-order valence-corrected chi connectivity index (χ1v) is 7.36. The number of hydrogen-bond acceptors (Lipinski definition) is 3. The molecule has 0 saturated heterocycles. The largest absolute Gasteiger partial charge is 0.453 e. The van der Waals surface area contributed by atoms with E-state index in [4.69, 9.17) is 11.6 Å². The Morgan fingerprint density at radius 2 is 1.80 bits per heavy atom. The van der Waals surface area contributed by atoms with Crippen LogP contribution >= 0.6 is 23.4 Å². The summed E-state index contributed by atoms with van der Waals surface area (Å²) >= 11 is 7.58. The highest BCUT2D eigenvalue weighted by molar-refractivity contribution is 7.98. The van der Waals surface area contributed by atoms with Gasteiger partial charge >= 0.3 is 6.09 Å². The maximum atomic E-state index is 11.1. The maximum Gasteiger partial charge on any atom is 0.411 e. The van der Waals surface area contributed by atoms with Gasteiger partial charge in [0, 0.05) is 21.4 Å². The van der Waals surface area contributed by atoms with Crippen molar-refractivity contribution in [2.45, 2.75) is 10.6 Å². The summed E-state index contributed by atoms with van der Waals surface area (Å²) in [6.45, 7) is 0. The molecule has 0 unspecified atom stereocenters. The Labute approximate surface area is 127 Å². The van der Waals surface area contributed by atoms with E-state index in [1.165, 1.54) is 17.6 Å². The molecule has 20 heavy (non-hydrogen) atoms. The van der Waals surface area contributed by atoms with Crippen molar-refractivity contribution in [1.82, 2.24) is 0 Å². The third-order valence-electron chi connectivity index (χ3n) is 2.60. The molecule has 0 spiro atoms. The molecule has 0 aliphatic rings. The van der Waals surface area contributed by atoms with E-state index in [1.807, 2.05) is 48.5 Å². The van der Waals surface area contributed by atoms with Crippen LogP contribution in [0, 0.1) is 0 Å². The number of benzene rings is 2. The smallest absolute Gasteiger partial charge is 0.411 e. The molecule has 0 fully saturated rings. The van der Waals surface area contributed by atoms with Crippen molar-refractivity contribution in [3.05, 3.63) is 59.1 Å². The summed E-state index contributed by atoms with van der Waals surface area (Å²) in [5, 5.41) is 3.36. The van der Waals surface area contributed by atoms with Gasteiger partial charge in [-0.2, -0.15) is 0 Å². The van der Waals surface area contributed by atoms with E-state index < -0.39 is 6.09 Å². The lowest BCUT2D eigenvalue weighted by atomic mass is 10.2. The first-order valence-electron chi connectivity index (χ1n) is 5.99. The van der Waals surface area contributed by atoms with E-state index in [0.717, 1.165) is 16.5 Å². The van der Waals surface area contributed by atoms with E-state index in [9.17, 15) is 4.79 Å². The van der Waals surface area contributed by atoms with Crippen molar-refractivity contribution in [2.75, 3.05) is 12.4 Å². The molecule has 0 atom stereocenters. The summed E-state index contributed by atoms with van der Waals surface area (Å²) in [6.07, 6.45) is -0.465. The molecule has 1 amide bonds. The summed E-state index contributed by atoms with van der Waals surface area (Å²) in [7, 11) is 1.34. The Kier molecular flexibility index (Phi) is 5.32. The van der Waals surface area contributed by atoms with E-state index >= 15 is 0 Å². The number of ether oxygens (including phenoxy) is 1. The highest BCUT2D eigenvalue weighted by Crippen LogP contribution is 2.24. The average molecular weight is 308 g/mol. The second-order valence-corrected chi connectivity index (χ2v) is 5.54. The fourth-order valence-corrected chi connectivity index (χ4v) is 2.53. The monoisotopic (exact) mass is 307 g/mol. The number of anilines is 1. The van der Waals surface area contributed by atoms with E-state index in [2.05, 4.69) is 10.1 Å². The van der Waals surface area contributed by atoms with Crippen LogP contribution in [0.15, 0.2) is 53.4 Å². The van der Waals surface area contributed by atoms with Crippen LogP contribution in [-0.4, -0.2) is 13.2 Å². The Morgan fingerprint density at radius 1 is 1.15 bits per heavy atom. The third-order valence-corrected chi connectivity index (χ3v) is 3.94. The first kappa shape index (κ1) is 14.8. The van der Waals surface area contributed by atoms with Crippen molar-refractivity contribution in [3.63, 3.8) is 0 Å². The fraction of sp³-hybridized carbons (Fsp3) is 0.133. The minimum absolute atomic E-state index is 0.465. The molecular formula is C15H14ClNO2S. The Balaban J connectivity index is 1.90. The molecule has 2 aromatic rings. The zero-order valence-electron chi connectivity index (χ0n) is 10.9. The van der Waals surface area contributed by atoms with Gasteiger partial charge in [0.2, 0.25) is 0 Å². The van der Waals surface area contributed by atoms with Crippen LogP contribution in [0.3, 0.4) is 0 Å². The number of nitrogens with one attached hydrogen (secondary N) is 1. The van der Waals surface area contributed by atoms with Crippen molar-refractivity contribution < 1.29 is 9.53 Å². The number of methoxy groups -OCH3 is 1. The molecule has 3 nitrogen and oxygen atoms in total. The number of carbonyl (C=O) groups excluding carboxylic acids is 1. The molecule has 0 aliphatic heterocycles. The van der Waals surface area contributed by atoms with Gasteiger partial charge in [0.25, 0.3) is 0 Å². The van der Waals surface area contributed by atoms with Crippen LogP contribution in [0.5, 0.6) is 0 Å². The maximum absolute atomic E-state index is 11.1. The van der Waals surface area contributed by atoms with Crippen LogP contribution < -0.4 is 5.32 Å². The Morgan fingerprint density at radius 3 is 2.40 bits per heavy atom. The topological polar surface area (TPSA) is 38.3 Å². The van der Waals surface area contributed by atoms with Crippen LogP contribution in [0.4, 0.5) is 10.5 Å². The van der Waals surface area contributed by atoms with E-state index in [1.54, 1.807) is 11.8 Å². The van der Waals surface area contributed by atoms with Gasteiger partial charge in [0.15, 0.2) is 0 Å². The molecule has 0 aromatic heterocycles. The lowest BCUT2D eigenvalue weighted by molar-refractivity contribution is 0.187. The predicted molar refractivity (Wildman–Crippen MR) is 83.5 cm³/mol. The van der Waals surface area contributed by atoms with E-state index in [-0.39, 0.29) is 0 Å². The van der Waals surface area contributed by atoms with Crippen molar-refractivity contribution >= 4 is 35.1 Å². The van der Waals surface area contributed by atoms with Crippen LogP contribution in [-0.2, 0) is 10.5 Å². The van der Waals surface area contributed by atoms with Crippen LogP contribution in [0.25, 0.3) is 0 Å². The van der Waals surface area contributed by atoms with Gasteiger partial charge in [0.1, 0.15) is 0 Å². The fourth-order valence-electron chi connectivity index (χ4n) is 1.55. The minimum Gasteiger partial charge on any atom is -0.453 e. The van der Waals surface area contributed by atoms with Crippen LogP contribution in [0.1, 0.15) is 5.56 Å². The highest BCUT2D eigenvalue weighted by Gasteiger charge is 2.01. The normalized spacial score (nSPS) is 10.1. The number of amides is 1. The molecule has 0 saturated carbocycles. The number of halogens is 1. The molecular weight excluding hydrogens is 294 g/mol. The second-order valence-electron chi connectivity index (χ2n) is 4.06. The summed E-state index contributed by atoms with van der Waals surface area (Å²) in [5.41, 5.74) is 1.90. The van der Waals surface area contributed by atoms with Crippen molar-refractivity contribution in [1.29, 1.82) is 0 Å². The summed E-state index contributed by atoms with van der Waals surface area (Å²) in [6, 6.07) is 15.4. The predicted octanol–water partition coefficient (Wildman–Crippen LogP) is 4.81.